The third-order valence-electron chi connectivity index (χ3n) is 6.21. The highest BCUT2D eigenvalue weighted by Crippen LogP contribution is 2.25. The van der Waals surface area contributed by atoms with Gasteiger partial charge in [0.25, 0.3) is 5.89 Å². The van der Waals surface area contributed by atoms with E-state index in [0.29, 0.717) is 30.5 Å². The van der Waals surface area contributed by atoms with Crippen molar-refractivity contribution in [3.8, 4) is 22.8 Å². The molecular weight excluding hydrogens is 440 g/mol. The average molecular weight is 467 g/mol. The topological polar surface area (TPSA) is 88.3 Å². The largest absolute Gasteiger partial charge is 0.338 e. The number of hydrogen-bond acceptors (Lipinski definition) is 5. The standard InChI is InChI=1S/C28H26N4O3/c1-18-3-7-20(8-4-18)16-32-17-23(15-25(32)33)27(34)29-24-13-11-22(12-14-24)28-30-26(31-35-28)21-9-5-19(2)6-10-21/h3-14,23H,15-17H2,1-2H3,(H,29,34). The molecule has 4 aromatic rings. The maximum Gasteiger partial charge on any atom is 0.258 e. The molecule has 1 atom stereocenters. The number of nitrogens with zero attached hydrogens (tertiary/aromatic N) is 3. The smallest absolute Gasteiger partial charge is 0.258 e. The Hall–Kier alpha value is -4.26. The van der Waals surface area contributed by atoms with Crippen LogP contribution < -0.4 is 5.32 Å². The molecule has 7 heteroatoms. The number of aryl methyl sites for hydroxylation is 2. The average Bonchev–Trinajstić information content (AvgIpc) is 3.49. The number of benzene rings is 3. The summed E-state index contributed by atoms with van der Waals surface area (Å²) in [6.45, 7) is 4.99. The summed E-state index contributed by atoms with van der Waals surface area (Å²) in [5.41, 5.74) is 5.70. The first-order valence-corrected chi connectivity index (χ1v) is 11.6. The van der Waals surface area contributed by atoms with Gasteiger partial charge in [0.1, 0.15) is 0 Å². The third kappa shape index (κ3) is 5.14. The summed E-state index contributed by atoms with van der Waals surface area (Å²) in [5.74, 6) is 0.407. The zero-order valence-corrected chi connectivity index (χ0v) is 19.7. The molecule has 176 valence electrons. The molecule has 7 nitrogen and oxygen atoms in total. The molecule has 1 saturated heterocycles. The second kappa shape index (κ2) is 9.54. The minimum absolute atomic E-state index is 0.00171. The van der Waals surface area contributed by atoms with E-state index in [4.69, 9.17) is 4.52 Å². The summed E-state index contributed by atoms with van der Waals surface area (Å²) < 4.78 is 5.43. The van der Waals surface area contributed by atoms with Crippen LogP contribution in [0.5, 0.6) is 0 Å². The van der Waals surface area contributed by atoms with Crippen LogP contribution in [0.15, 0.2) is 77.3 Å². The molecule has 1 aliphatic heterocycles. The van der Waals surface area contributed by atoms with Gasteiger partial charge in [-0.05, 0) is 43.7 Å². The van der Waals surface area contributed by atoms with Gasteiger partial charge < -0.3 is 14.7 Å². The lowest BCUT2D eigenvalue weighted by molar-refractivity contribution is -0.128. The van der Waals surface area contributed by atoms with Crippen molar-refractivity contribution >= 4 is 17.5 Å². The van der Waals surface area contributed by atoms with Crippen LogP contribution in [0.25, 0.3) is 22.8 Å². The first-order valence-electron chi connectivity index (χ1n) is 11.6. The van der Waals surface area contributed by atoms with Gasteiger partial charge in [-0.25, -0.2) is 0 Å². The molecule has 1 aliphatic rings. The fraction of sp³-hybridized carbons (Fsp3) is 0.214. The van der Waals surface area contributed by atoms with E-state index in [2.05, 4.69) is 15.5 Å². The highest BCUT2D eigenvalue weighted by molar-refractivity contribution is 5.97. The highest BCUT2D eigenvalue weighted by Gasteiger charge is 2.34. The van der Waals surface area contributed by atoms with Crippen LogP contribution in [-0.2, 0) is 16.1 Å². The molecule has 0 radical (unpaired) electrons. The minimum atomic E-state index is -0.374. The first kappa shape index (κ1) is 22.5. The van der Waals surface area contributed by atoms with Crippen molar-refractivity contribution in [3.05, 3.63) is 89.5 Å². The lowest BCUT2D eigenvalue weighted by Gasteiger charge is -2.17. The Morgan fingerprint density at radius 2 is 1.57 bits per heavy atom. The van der Waals surface area contributed by atoms with E-state index >= 15 is 0 Å². The Bertz CT molecular complexity index is 1340. The van der Waals surface area contributed by atoms with Crippen molar-refractivity contribution in [1.29, 1.82) is 0 Å². The van der Waals surface area contributed by atoms with Gasteiger partial charge in [0.15, 0.2) is 0 Å². The molecule has 1 fully saturated rings. The maximum atomic E-state index is 12.8. The molecule has 35 heavy (non-hydrogen) atoms. The number of nitrogens with one attached hydrogen (secondary N) is 1. The number of amides is 2. The van der Waals surface area contributed by atoms with Crippen LogP contribution in [0.4, 0.5) is 5.69 Å². The van der Waals surface area contributed by atoms with Crippen LogP contribution in [0.2, 0.25) is 0 Å². The molecular formula is C28H26N4O3. The predicted octanol–water partition coefficient (Wildman–Crippen LogP) is 5.01. The van der Waals surface area contributed by atoms with Crippen LogP contribution >= 0.6 is 0 Å². The number of hydrogen-bond donors (Lipinski definition) is 1. The fourth-order valence-electron chi connectivity index (χ4n) is 4.12. The number of aromatic nitrogens is 2. The van der Waals surface area contributed by atoms with Gasteiger partial charge in [-0.1, -0.05) is 64.8 Å². The Balaban J connectivity index is 1.20. The molecule has 0 spiro atoms. The summed E-state index contributed by atoms with van der Waals surface area (Å²) in [5, 5.41) is 7.00. The van der Waals surface area contributed by atoms with Gasteiger partial charge in [0.05, 0.1) is 5.92 Å². The van der Waals surface area contributed by atoms with Crippen molar-refractivity contribution in [2.45, 2.75) is 26.8 Å². The zero-order chi connectivity index (χ0) is 24.4. The number of anilines is 1. The van der Waals surface area contributed by atoms with E-state index < -0.39 is 0 Å². The van der Waals surface area contributed by atoms with Crippen molar-refractivity contribution < 1.29 is 14.1 Å². The summed E-state index contributed by atoms with van der Waals surface area (Å²) in [7, 11) is 0. The molecule has 1 unspecified atom stereocenters. The summed E-state index contributed by atoms with van der Waals surface area (Å²) in [4.78, 5) is 31.5. The lowest BCUT2D eigenvalue weighted by atomic mass is 10.1. The molecule has 3 aromatic carbocycles. The van der Waals surface area contributed by atoms with Crippen LogP contribution in [0, 0.1) is 19.8 Å². The zero-order valence-electron chi connectivity index (χ0n) is 19.7. The summed E-state index contributed by atoms with van der Waals surface area (Å²) >= 11 is 0. The Morgan fingerprint density at radius 1 is 0.943 bits per heavy atom. The van der Waals surface area contributed by atoms with E-state index in [9.17, 15) is 9.59 Å². The molecule has 0 saturated carbocycles. The third-order valence-corrected chi connectivity index (χ3v) is 6.21. The second-order valence-corrected chi connectivity index (χ2v) is 9.02. The van der Waals surface area contributed by atoms with Crippen LogP contribution in [0.3, 0.4) is 0 Å². The second-order valence-electron chi connectivity index (χ2n) is 9.02. The minimum Gasteiger partial charge on any atom is -0.338 e. The van der Waals surface area contributed by atoms with E-state index in [1.165, 1.54) is 5.56 Å². The summed E-state index contributed by atoms with van der Waals surface area (Å²) in [6.07, 6.45) is 0.222. The van der Waals surface area contributed by atoms with E-state index in [0.717, 1.165) is 22.3 Å². The summed E-state index contributed by atoms with van der Waals surface area (Å²) in [6, 6.07) is 23.3. The Labute approximate surface area is 203 Å². The normalized spacial score (nSPS) is 15.4. The molecule has 1 N–H and O–H groups in total. The van der Waals surface area contributed by atoms with Gasteiger partial charge in [0.2, 0.25) is 17.6 Å². The van der Waals surface area contributed by atoms with Crippen molar-refractivity contribution in [1.82, 2.24) is 15.0 Å². The van der Waals surface area contributed by atoms with Crippen LogP contribution in [0.1, 0.15) is 23.1 Å². The van der Waals surface area contributed by atoms with E-state index in [1.54, 1.807) is 17.0 Å². The Kier molecular flexibility index (Phi) is 6.14. The van der Waals surface area contributed by atoms with Crippen molar-refractivity contribution in [2.75, 3.05) is 11.9 Å². The molecule has 0 bridgehead atoms. The van der Waals surface area contributed by atoms with E-state index in [1.807, 2.05) is 74.5 Å². The Morgan fingerprint density at radius 3 is 2.26 bits per heavy atom. The van der Waals surface area contributed by atoms with E-state index in [-0.39, 0.29) is 24.2 Å². The van der Waals surface area contributed by atoms with Crippen molar-refractivity contribution in [2.24, 2.45) is 5.92 Å². The number of carbonyl (C=O) groups excluding carboxylic acids is 2. The quantitative estimate of drug-likeness (QED) is 0.432. The highest BCUT2D eigenvalue weighted by atomic mass is 16.5. The van der Waals surface area contributed by atoms with Gasteiger partial charge in [0, 0.05) is 36.3 Å². The van der Waals surface area contributed by atoms with Gasteiger partial charge in [-0.15, -0.1) is 0 Å². The van der Waals surface area contributed by atoms with Gasteiger partial charge >= 0.3 is 0 Å². The van der Waals surface area contributed by atoms with Crippen molar-refractivity contribution in [3.63, 3.8) is 0 Å². The first-order chi connectivity index (χ1) is 16.9. The maximum absolute atomic E-state index is 12.8. The SMILES string of the molecule is Cc1ccc(CN2CC(C(=O)Nc3ccc(-c4nc(-c5ccc(C)cc5)no4)cc3)CC2=O)cc1. The number of carbonyl (C=O) groups is 2. The van der Waals surface area contributed by atoms with Gasteiger partial charge in [-0.2, -0.15) is 4.98 Å². The molecule has 0 aliphatic carbocycles. The molecule has 1 aromatic heterocycles. The van der Waals surface area contributed by atoms with Crippen LogP contribution in [-0.4, -0.2) is 33.4 Å². The fourth-order valence-corrected chi connectivity index (χ4v) is 4.12. The predicted molar refractivity (Wildman–Crippen MR) is 133 cm³/mol. The molecule has 2 heterocycles. The number of likely N-dealkylation sites (tertiary alicyclic amines) is 1. The molecule has 5 rings (SSSR count). The lowest BCUT2D eigenvalue weighted by Crippen LogP contribution is -2.28. The number of rotatable bonds is 6. The monoisotopic (exact) mass is 466 g/mol. The van der Waals surface area contributed by atoms with Gasteiger partial charge in [-0.3, -0.25) is 9.59 Å². The molecule has 2 amide bonds.